The number of carboxylic acid groups (broad SMARTS) is 1. The Morgan fingerprint density at radius 1 is 1.22 bits per heavy atom. The van der Waals surface area contributed by atoms with Crippen molar-refractivity contribution in [3.8, 4) is 0 Å². The zero-order valence-corrected chi connectivity index (χ0v) is 18.7. The Labute approximate surface area is 191 Å². The van der Waals surface area contributed by atoms with E-state index in [9.17, 15) is 29.4 Å². The van der Waals surface area contributed by atoms with Gasteiger partial charge in [-0.2, -0.15) is 12.6 Å². The highest BCUT2D eigenvalue weighted by molar-refractivity contribution is 7.80. The molecule has 0 aromatic heterocycles. The summed E-state index contributed by atoms with van der Waals surface area (Å²) in [4.78, 5) is 51.1. The van der Waals surface area contributed by atoms with Crippen LogP contribution in [-0.4, -0.2) is 81.4 Å². The Bertz CT molecular complexity index is 822. The first kappa shape index (κ1) is 25.6. The zero-order valence-electron chi connectivity index (χ0n) is 17.8. The lowest BCUT2D eigenvalue weighted by atomic mass is 10.0. The maximum absolute atomic E-state index is 13.4. The van der Waals surface area contributed by atoms with Gasteiger partial charge in [-0.1, -0.05) is 30.3 Å². The molecule has 10 nitrogen and oxygen atoms in total. The second-order valence-electron chi connectivity index (χ2n) is 7.79. The number of hydrogen-bond acceptors (Lipinski definition) is 7. The third-order valence-electron chi connectivity index (χ3n) is 5.32. The number of carbonyl (C=O) groups excluding carboxylic acids is 3. The topological polar surface area (TPSA) is 162 Å². The first-order chi connectivity index (χ1) is 15.1. The van der Waals surface area contributed by atoms with Crippen LogP contribution in [0.5, 0.6) is 0 Å². The summed E-state index contributed by atoms with van der Waals surface area (Å²) in [7, 11) is 0. The average Bonchev–Trinajstić information content (AvgIpc) is 3.26. The first-order valence-electron chi connectivity index (χ1n) is 10.4. The molecule has 5 unspecified atom stereocenters. The van der Waals surface area contributed by atoms with Gasteiger partial charge in [0.1, 0.15) is 12.1 Å². The van der Waals surface area contributed by atoms with E-state index >= 15 is 0 Å². The SMILES string of the molecule is CC(O)C(NC(=O)C1CCCN1C(=O)C(Cc1ccccc1)NC(=O)C(N)CS)C(=O)O. The zero-order chi connectivity index (χ0) is 23.8. The number of carboxylic acids is 1. The first-order valence-corrected chi connectivity index (χ1v) is 11.0. The largest absolute Gasteiger partial charge is 0.480 e. The molecule has 0 aliphatic carbocycles. The lowest BCUT2D eigenvalue weighted by Crippen LogP contribution is -2.58. The highest BCUT2D eigenvalue weighted by atomic mass is 32.1. The summed E-state index contributed by atoms with van der Waals surface area (Å²) in [6.45, 7) is 1.54. The van der Waals surface area contributed by atoms with Crippen molar-refractivity contribution in [2.75, 3.05) is 12.3 Å². The molecule has 0 spiro atoms. The molecular weight excluding hydrogens is 436 g/mol. The molecule has 1 fully saturated rings. The molecule has 176 valence electrons. The van der Waals surface area contributed by atoms with Crippen LogP contribution in [0.3, 0.4) is 0 Å². The molecule has 32 heavy (non-hydrogen) atoms. The number of aliphatic hydroxyl groups is 1. The van der Waals surface area contributed by atoms with Gasteiger partial charge in [0, 0.05) is 18.7 Å². The molecule has 5 atom stereocenters. The van der Waals surface area contributed by atoms with Gasteiger partial charge in [-0.25, -0.2) is 4.79 Å². The molecule has 3 amide bonds. The molecule has 1 aliphatic heterocycles. The van der Waals surface area contributed by atoms with Crippen LogP contribution in [0.2, 0.25) is 0 Å². The monoisotopic (exact) mass is 466 g/mol. The predicted molar refractivity (Wildman–Crippen MR) is 120 cm³/mol. The summed E-state index contributed by atoms with van der Waals surface area (Å²) in [5.41, 5.74) is 6.55. The summed E-state index contributed by atoms with van der Waals surface area (Å²) in [6, 6.07) is 4.83. The van der Waals surface area contributed by atoms with Crippen molar-refractivity contribution in [2.45, 2.75) is 56.5 Å². The molecule has 0 bridgehead atoms. The van der Waals surface area contributed by atoms with Crippen molar-refractivity contribution in [1.29, 1.82) is 0 Å². The van der Waals surface area contributed by atoms with E-state index in [2.05, 4.69) is 23.3 Å². The van der Waals surface area contributed by atoms with Gasteiger partial charge < -0.3 is 31.5 Å². The molecule has 1 aromatic carbocycles. The van der Waals surface area contributed by atoms with Gasteiger partial charge in [0.25, 0.3) is 0 Å². The molecule has 1 aromatic rings. The number of nitrogens with zero attached hydrogens (tertiary/aromatic N) is 1. The van der Waals surface area contributed by atoms with Gasteiger partial charge in [-0.05, 0) is 25.3 Å². The standard InChI is InChI=1S/C21H30N4O6S/c1-12(26)17(21(30)31)24-19(28)16-8-5-9-25(16)20(29)15(23-18(27)14(22)11-32)10-13-6-3-2-4-7-13/h2-4,6-7,12,14-17,26,32H,5,8-11,22H2,1H3,(H,23,27)(H,24,28)(H,30,31). The predicted octanol–water partition coefficient (Wildman–Crippen LogP) is -1.09. The second kappa shape index (κ2) is 11.8. The van der Waals surface area contributed by atoms with Crippen molar-refractivity contribution < 1.29 is 29.4 Å². The van der Waals surface area contributed by atoms with E-state index in [1.807, 2.05) is 30.3 Å². The quantitative estimate of drug-likeness (QED) is 0.239. The number of benzene rings is 1. The average molecular weight is 467 g/mol. The van der Waals surface area contributed by atoms with E-state index in [0.29, 0.717) is 12.8 Å². The van der Waals surface area contributed by atoms with Crippen LogP contribution in [0.4, 0.5) is 0 Å². The third-order valence-corrected chi connectivity index (χ3v) is 5.71. The lowest BCUT2D eigenvalue weighted by molar-refractivity contribution is -0.147. The van der Waals surface area contributed by atoms with Crippen molar-refractivity contribution >= 4 is 36.3 Å². The molecule has 1 heterocycles. The maximum atomic E-state index is 13.4. The van der Waals surface area contributed by atoms with Crippen molar-refractivity contribution in [3.05, 3.63) is 35.9 Å². The van der Waals surface area contributed by atoms with E-state index in [-0.39, 0.29) is 18.7 Å². The summed E-state index contributed by atoms with van der Waals surface area (Å²) < 4.78 is 0. The summed E-state index contributed by atoms with van der Waals surface area (Å²) in [5.74, 6) is -2.94. The van der Waals surface area contributed by atoms with Gasteiger partial charge in [0.05, 0.1) is 12.1 Å². The Morgan fingerprint density at radius 2 is 1.88 bits per heavy atom. The molecule has 0 saturated carbocycles. The fourth-order valence-corrected chi connectivity index (χ4v) is 3.72. The van der Waals surface area contributed by atoms with Gasteiger partial charge in [-0.3, -0.25) is 14.4 Å². The van der Waals surface area contributed by atoms with Crippen LogP contribution in [0.25, 0.3) is 0 Å². The number of likely N-dealkylation sites (tertiary alicyclic amines) is 1. The number of aliphatic hydroxyl groups excluding tert-OH is 1. The molecule has 11 heteroatoms. The number of aliphatic carboxylic acids is 1. The Balaban J connectivity index is 2.21. The van der Waals surface area contributed by atoms with Gasteiger partial charge in [0.15, 0.2) is 6.04 Å². The van der Waals surface area contributed by atoms with Gasteiger partial charge >= 0.3 is 5.97 Å². The molecule has 0 radical (unpaired) electrons. The van der Waals surface area contributed by atoms with Gasteiger partial charge in [-0.15, -0.1) is 0 Å². The fraction of sp³-hybridized carbons (Fsp3) is 0.524. The summed E-state index contributed by atoms with van der Waals surface area (Å²) in [5, 5.41) is 23.8. The van der Waals surface area contributed by atoms with E-state index in [1.54, 1.807) is 0 Å². The Morgan fingerprint density at radius 3 is 2.44 bits per heavy atom. The van der Waals surface area contributed by atoms with Crippen molar-refractivity contribution in [2.24, 2.45) is 5.73 Å². The second-order valence-corrected chi connectivity index (χ2v) is 8.16. The number of thiol groups is 1. The van der Waals surface area contributed by atoms with Crippen molar-refractivity contribution in [1.82, 2.24) is 15.5 Å². The van der Waals surface area contributed by atoms with E-state index in [4.69, 9.17) is 5.73 Å². The number of amides is 3. The summed E-state index contributed by atoms with van der Waals surface area (Å²) in [6.07, 6.45) is -0.236. The van der Waals surface area contributed by atoms with E-state index in [1.165, 1.54) is 11.8 Å². The minimum Gasteiger partial charge on any atom is -0.480 e. The van der Waals surface area contributed by atoms with Crippen LogP contribution >= 0.6 is 12.6 Å². The number of nitrogens with two attached hydrogens (primary N) is 1. The van der Waals surface area contributed by atoms with Crippen LogP contribution in [0.15, 0.2) is 30.3 Å². The lowest BCUT2D eigenvalue weighted by Gasteiger charge is -2.30. The normalized spacial score (nSPS) is 19.5. The Hall–Kier alpha value is -2.63. The van der Waals surface area contributed by atoms with Crippen molar-refractivity contribution in [3.63, 3.8) is 0 Å². The molecule has 2 rings (SSSR count). The van der Waals surface area contributed by atoms with Crippen LogP contribution in [-0.2, 0) is 25.6 Å². The number of carbonyl (C=O) groups is 4. The van der Waals surface area contributed by atoms with Crippen LogP contribution in [0, 0.1) is 0 Å². The van der Waals surface area contributed by atoms with Crippen LogP contribution in [0.1, 0.15) is 25.3 Å². The molecule has 6 N–H and O–H groups in total. The number of hydrogen-bond donors (Lipinski definition) is 6. The number of rotatable bonds is 10. The maximum Gasteiger partial charge on any atom is 0.328 e. The highest BCUT2D eigenvalue weighted by Gasteiger charge is 2.39. The third kappa shape index (κ3) is 6.68. The highest BCUT2D eigenvalue weighted by Crippen LogP contribution is 2.20. The summed E-state index contributed by atoms with van der Waals surface area (Å²) >= 11 is 4.02. The van der Waals surface area contributed by atoms with E-state index < -0.39 is 54.0 Å². The fourth-order valence-electron chi connectivity index (χ4n) is 3.55. The van der Waals surface area contributed by atoms with Crippen LogP contribution < -0.4 is 16.4 Å². The smallest absolute Gasteiger partial charge is 0.328 e. The van der Waals surface area contributed by atoms with E-state index in [0.717, 1.165) is 5.56 Å². The minimum absolute atomic E-state index is 0.0999. The number of nitrogens with one attached hydrogen (secondary N) is 2. The van der Waals surface area contributed by atoms with Gasteiger partial charge in [0.2, 0.25) is 17.7 Å². The Kier molecular flexibility index (Phi) is 9.48. The molecule has 1 aliphatic rings. The minimum atomic E-state index is -1.49. The molecular formula is C21H30N4O6S. The molecule has 1 saturated heterocycles.